The lowest BCUT2D eigenvalue weighted by molar-refractivity contribution is -0.136. The van der Waals surface area contributed by atoms with Gasteiger partial charge in [0.05, 0.1) is 6.04 Å². The molecule has 6 heteroatoms. The summed E-state index contributed by atoms with van der Waals surface area (Å²) in [5.41, 5.74) is 6.60. The average Bonchev–Trinajstić information content (AvgIpc) is 2.85. The number of carbonyl (C=O) groups excluding carboxylic acids is 2. The molecule has 2 heterocycles. The molecule has 0 unspecified atom stereocenters. The van der Waals surface area contributed by atoms with Gasteiger partial charge in [0.25, 0.3) is 0 Å². The van der Waals surface area contributed by atoms with Crippen LogP contribution >= 0.6 is 11.3 Å². The van der Waals surface area contributed by atoms with Gasteiger partial charge in [-0.2, -0.15) is 0 Å². The number of nitrogens with zero attached hydrogens (tertiary/aromatic N) is 1. The molecule has 1 saturated heterocycles. The van der Waals surface area contributed by atoms with E-state index in [1.165, 1.54) is 15.3 Å². The summed E-state index contributed by atoms with van der Waals surface area (Å²) in [5.74, 6) is -0.234. The summed E-state index contributed by atoms with van der Waals surface area (Å²) in [6.07, 6.45) is 1.35. The first kappa shape index (κ1) is 17.9. The molecule has 128 valence electrons. The lowest BCUT2D eigenvalue weighted by atomic mass is 9.96. The Hall–Kier alpha value is -1.40. The van der Waals surface area contributed by atoms with Crippen LogP contribution in [0.4, 0.5) is 0 Å². The fourth-order valence-corrected chi connectivity index (χ4v) is 4.30. The van der Waals surface area contributed by atoms with E-state index in [4.69, 9.17) is 5.73 Å². The maximum atomic E-state index is 12.6. The normalized spacial score (nSPS) is 18.7. The Morgan fingerprint density at radius 1 is 1.30 bits per heavy atom. The summed E-state index contributed by atoms with van der Waals surface area (Å²) in [4.78, 5) is 28.2. The van der Waals surface area contributed by atoms with Gasteiger partial charge in [-0.1, -0.05) is 0 Å². The number of hydrogen-bond acceptors (Lipinski definition) is 4. The number of aryl methyl sites for hydroxylation is 2. The van der Waals surface area contributed by atoms with E-state index in [9.17, 15) is 9.59 Å². The van der Waals surface area contributed by atoms with E-state index in [-0.39, 0.29) is 29.8 Å². The lowest BCUT2D eigenvalue weighted by Crippen LogP contribution is -2.49. The molecule has 1 aromatic rings. The standard InChI is InChI=1S/C17H27N3O2S/c1-10-9-15(13(4)23-10)11(2)19-12(3)17(22)20-7-5-14(6-8-20)16(18)21/h9,11-12,14,19H,5-8H2,1-4H3,(H2,18,21)/t11-,12+/m0/s1. The number of thiophene rings is 1. The van der Waals surface area contributed by atoms with Crippen LogP contribution in [0, 0.1) is 19.8 Å². The zero-order valence-corrected chi connectivity index (χ0v) is 15.2. The van der Waals surface area contributed by atoms with Crippen LogP contribution < -0.4 is 11.1 Å². The number of hydrogen-bond donors (Lipinski definition) is 2. The molecule has 1 fully saturated rings. The minimum Gasteiger partial charge on any atom is -0.369 e. The Bertz CT molecular complexity index is 576. The van der Waals surface area contributed by atoms with Gasteiger partial charge in [-0.3, -0.25) is 14.9 Å². The maximum absolute atomic E-state index is 12.6. The molecule has 0 bridgehead atoms. The Kier molecular flexibility index (Phi) is 5.81. The van der Waals surface area contributed by atoms with Crippen molar-refractivity contribution in [3.8, 4) is 0 Å². The third-order valence-electron chi connectivity index (χ3n) is 4.63. The monoisotopic (exact) mass is 337 g/mol. The molecule has 2 amide bonds. The van der Waals surface area contributed by atoms with Crippen LogP contribution in [0.25, 0.3) is 0 Å². The molecule has 23 heavy (non-hydrogen) atoms. The van der Waals surface area contributed by atoms with Gasteiger partial charge in [0.15, 0.2) is 0 Å². The molecule has 3 N–H and O–H groups in total. The Labute approximate surface area is 142 Å². The zero-order chi connectivity index (χ0) is 17.1. The molecule has 1 aromatic heterocycles. The van der Waals surface area contributed by atoms with Crippen LogP contribution in [0.5, 0.6) is 0 Å². The van der Waals surface area contributed by atoms with E-state index in [1.54, 1.807) is 11.3 Å². The molecule has 1 aliphatic heterocycles. The van der Waals surface area contributed by atoms with Crippen LogP contribution in [-0.2, 0) is 9.59 Å². The third kappa shape index (κ3) is 4.32. The van der Waals surface area contributed by atoms with Gasteiger partial charge in [-0.15, -0.1) is 11.3 Å². The second kappa shape index (κ2) is 7.45. The van der Waals surface area contributed by atoms with Crippen molar-refractivity contribution in [1.82, 2.24) is 10.2 Å². The average molecular weight is 337 g/mol. The fourth-order valence-electron chi connectivity index (χ4n) is 3.27. The first-order valence-corrected chi connectivity index (χ1v) is 9.02. The molecular formula is C17H27N3O2S. The van der Waals surface area contributed by atoms with Crippen LogP contribution in [0.2, 0.25) is 0 Å². The Morgan fingerprint density at radius 2 is 1.91 bits per heavy atom. The largest absolute Gasteiger partial charge is 0.369 e. The SMILES string of the molecule is Cc1cc([C@H](C)N[C@H](C)C(=O)N2CCC(C(N)=O)CC2)c(C)s1. The summed E-state index contributed by atoms with van der Waals surface area (Å²) >= 11 is 1.78. The highest BCUT2D eigenvalue weighted by molar-refractivity contribution is 7.12. The van der Waals surface area contributed by atoms with Gasteiger partial charge >= 0.3 is 0 Å². The molecule has 5 nitrogen and oxygen atoms in total. The highest BCUT2D eigenvalue weighted by atomic mass is 32.1. The van der Waals surface area contributed by atoms with Crippen LogP contribution in [0.1, 0.15) is 48.0 Å². The number of nitrogens with two attached hydrogens (primary N) is 1. The second-order valence-electron chi connectivity index (χ2n) is 6.48. The highest BCUT2D eigenvalue weighted by Gasteiger charge is 2.29. The minimum absolute atomic E-state index is 0.0855. The summed E-state index contributed by atoms with van der Waals surface area (Å²) in [6.45, 7) is 9.45. The molecule has 0 saturated carbocycles. The van der Waals surface area contributed by atoms with Gasteiger partial charge in [-0.05, 0) is 52.2 Å². The van der Waals surface area contributed by atoms with Crippen LogP contribution in [0.15, 0.2) is 6.07 Å². The zero-order valence-electron chi connectivity index (χ0n) is 14.4. The number of nitrogens with one attached hydrogen (secondary N) is 1. The van der Waals surface area contributed by atoms with E-state index in [0.29, 0.717) is 25.9 Å². The maximum Gasteiger partial charge on any atom is 0.239 e. The van der Waals surface area contributed by atoms with Crippen molar-refractivity contribution in [2.24, 2.45) is 11.7 Å². The van der Waals surface area contributed by atoms with E-state index >= 15 is 0 Å². The Morgan fingerprint density at radius 3 is 2.39 bits per heavy atom. The molecule has 2 atom stereocenters. The summed E-state index contributed by atoms with van der Waals surface area (Å²) in [7, 11) is 0. The molecular weight excluding hydrogens is 310 g/mol. The second-order valence-corrected chi connectivity index (χ2v) is 7.94. The predicted molar refractivity (Wildman–Crippen MR) is 93.3 cm³/mol. The van der Waals surface area contributed by atoms with E-state index < -0.39 is 0 Å². The predicted octanol–water partition coefficient (Wildman–Crippen LogP) is 2.13. The van der Waals surface area contributed by atoms with Crippen molar-refractivity contribution in [1.29, 1.82) is 0 Å². The van der Waals surface area contributed by atoms with Crippen molar-refractivity contribution in [3.63, 3.8) is 0 Å². The van der Waals surface area contributed by atoms with E-state index in [0.717, 1.165) is 0 Å². The van der Waals surface area contributed by atoms with Crippen molar-refractivity contribution < 1.29 is 9.59 Å². The van der Waals surface area contributed by atoms with Gasteiger partial charge < -0.3 is 10.6 Å². The van der Waals surface area contributed by atoms with Gasteiger partial charge in [0, 0.05) is 34.8 Å². The molecule has 1 aliphatic rings. The topological polar surface area (TPSA) is 75.4 Å². The fraction of sp³-hybridized carbons (Fsp3) is 0.647. The van der Waals surface area contributed by atoms with Gasteiger partial charge in [0.2, 0.25) is 11.8 Å². The smallest absolute Gasteiger partial charge is 0.239 e. The number of rotatable bonds is 5. The molecule has 0 radical (unpaired) electrons. The first-order chi connectivity index (χ1) is 10.8. The summed E-state index contributed by atoms with van der Waals surface area (Å²) in [5, 5.41) is 3.41. The quantitative estimate of drug-likeness (QED) is 0.864. The number of carbonyl (C=O) groups is 2. The molecule has 0 aliphatic carbocycles. The van der Waals surface area contributed by atoms with Gasteiger partial charge in [-0.25, -0.2) is 0 Å². The van der Waals surface area contributed by atoms with Crippen LogP contribution in [-0.4, -0.2) is 35.8 Å². The highest BCUT2D eigenvalue weighted by Crippen LogP contribution is 2.26. The van der Waals surface area contributed by atoms with Crippen molar-refractivity contribution in [3.05, 3.63) is 21.4 Å². The third-order valence-corrected chi connectivity index (χ3v) is 5.61. The molecule has 0 spiro atoms. The molecule has 2 rings (SSSR count). The number of piperidine rings is 1. The summed E-state index contributed by atoms with van der Waals surface area (Å²) < 4.78 is 0. The number of likely N-dealkylation sites (tertiary alicyclic amines) is 1. The van der Waals surface area contributed by atoms with Crippen molar-refractivity contribution in [2.75, 3.05) is 13.1 Å². The summed E-state index contributed by atoms with van der Waals surface area (Å²) in [6, 6.07) is 2.09. The van der Waals surface area contributed by atoms with Crippen molar-refractivity contribution in [2.45, 2.75) is 52.6 Å². The number of primary amides is 1. The van der Waals surface area contributed by atoms with Crippen molar-refractivity contribution >= 4 is 23.2 Å². The number of amides is 2. The van der Waals surface area contributed by atoms with Crippen LogP contribution in [0.3, 0.4) is 0 Å². The lowest BCUT2D eigenvalue weighted by Gasteiger charge is -2.33. The Balaban J connectivity index is 1.90. The first-order valence-electron chi connectivity index (χ1n) is 8.20. The van der Waals surface area contributed by atoms with E-state index in [2.05, 4.69) is 32.2 Å². The van der Waals surface area contributed by atoms with E-state index in [1.807, 2.05) is 11.8 Å². The minimum atomic E-state index is -0.250. The van der Waals surface area contributed by atoms with Gasteiger partial charge in [0.1, 0.15) is 0 Å². The molecule has 0 aromatic carbocycles.